The van der Waals surface area contributed by atoms with Crippen LogP contribution in [-0.2, 0) is 11.2 Å². The molecule has 0 saturated heterocycles. The quantitative estimate of drug-likeness (QED) is 0.769. The summed E-state index contributed by atoms with van der Waals surface area (Å²) in [6.07, 6.45) is 13.4. The van der Waals surface area contributed by atoms with Crippen molar-refractivity contribution in [2.75, 3.05) is 12.4 Å². The first kappa shape index (κ1) is 16.4. The van der Waals surface area contributed by atoms with E-state index < -0.39 is 0 Å². The van der Waals surface area contributed by atoms with Crippen molar-refractivity contribution in [3.05, 3.63) is 53.8 Å². The number of allylic oxidation sites excluding steroid dienone is 1. The summed E-state index contributed by atoms with van der Waals surface area (Å²) in [5.74, 6) is 0.725. The highest BCUT2D eigenvalue weighted by atomic mass is 16.5. The minimum Gasteiger partial charge on any atom is -0.381 e. The number of hydrogen-bond acceptors (Lipinski definition) is 6. The van der Waals surface area contributed by atoms with Crippen LogP contribution in [0.4, 0.5) is 5.95 Å². The zero-order valence-electron chi connectivity index (χ0n) is 15.3. The van der Waals surface area contributed by atoms with Gasteiger partial charge in [-0.15, -0.1) is 0 Å². The highest BCUT2D eigenvalue weighted by molar-refractivity contribution is 5.82. The predicted molar refractivity (Wildman–Crippen MR) is 102 cm³/mol. The molecule has 3 aromatic rings. The maximum Gasteiger partial charge on any atom is 0.223 e. The molecule has 27 heavy (non-hydrogen) atoms. The van der Waals surface area contributed by atoms with Gasteiger partial charge in [0.05, 0.1) is 23.7 Å². The van der Waals surface area contributed by atoms with Gasteiger partial charge in [0.25, 0.3) is 0 Å². The SMILES string of the molecule is CO[C@H]1CC[C@H](Nc2ncc3c(n2)CC=C3c2ccn3nccc3n2)CC1. The molecular weight excluding hydrogens is 340 g/mol. The van der Waals surface area contributed by atoms with Gasteiger partial charge < -0.3 is 10.1 Å². The molecule has 2 aliphatic rings. The van der Waals surface area contributed by atoms with Crippen LogP contribution in [-0.4, -0.2) is 43.8 Å². The van der Waals surface area contributed by atoms with Gasteiger partial charge in [0.15, 0.2) is 5.65 Å². The van der Waals surface area contributed by atoms with Crippen molar-refractivity contribution in [2.24, 2.45) is 0 Å². The third kappa shape index (κ3) is 3.08. The number of hydrogen-bond donors (Lipinski definition) is 1. The standard InChI is InChI=1S/C20H22N6O/c1-27-14-4-2-13(3-5-14)23-20-21-12-16-15(6-7-17(16)25-20)18-9-11-26-19(24-18)8-10-22-26/h6,8-14H,2-5,7H2,1H3,(H,21,23,25)/t13-,14-. The summed E-state index contributed by atoms with van der Waals surface area (Å²) in [6.45, 7) is 0. The van der Waals surface area contributed by atoms with E-state index in [-0.39, 0.29) is 0 Å². The van der Waals surface area contributed by atoms with Gasteiger partial charge in [-0.1, -0.05) is 6.08 Å². The Morgan fingerprint density at radius 2 is 2.04 bits per heavy atom. The normalized spacial score (nSPS) is 21.9. The lowest BCUT2D eigenvalue weighted by Crippen LogP contribution is -2.30. The van der Waals surface area contributed by atoms with Crippen molar-refractivity contribution >= 4 is 17.2 Å². The molecule has 7 nitrogen and oxygen atoms in total. The zero-order valence-corrected chi connectivity index (χ0v) is 15.3. The second-order valence-corrected chi connectivity index (χ2v) is 7.18. The van der Waals surface area contributed by atoms with Crippen LogP contribution in [0, 0.1) is 0 Å². The first-order chi connectivity index (χ1) is 13.3. The molecule has 0 radical (unpaired) electrons. The van der Waals surface area contributed by atoms with Crippen LogP contribution in [0.25, 0.3) is 11.2 Å². The summed E-state index contributed by atoms with van der Waals surface area (Å²) < 4.78 is 7.21. The lowest BCUT2D eigenvalue weighted by Gasteiger charge is -2.28. The van der Waals surface area contributed by atoms with Crippen LogP contribution in [0.3, 0.4) is 0 Å². The van der Waals surface area contributed by atoms with Gasteiger partial charge in [0, 0.05) is 49.2 Å². The number of methoxy groups -OCH3 is 1. The highest BCUT2D eigenvalue weighted by Gasteiger charge is 2.23. The molecule has 0 spiro atoms. The van der Waals surface area contributed by atoms with Crippen molar-refractivity contribution in [1.82, 2.24) is 24.6 Å². The first-order valence-corrected chi connectivity index (χ1v) is 9.47. The third-order valence-electron chi connectivity index (χ3n) is 5.53. The largest absolute Gasteiger partial charge is 0.381 e. The molecule has 0 aliphatic heterocycles. The molecule has 138 valence electrons. The average Bonchev–Trinajstić information content (AvgIpc) is 3.34. The number of anilines is 1. The first-order valence-electron chi connectivity index (χ1n) is 9.47. The fourth-order valence-corrected chi connectivity index (χ4v) is 4.01. The second-order valence-electron chi connectivity index (χ2n) is 7.18. The van der Waals surface area contributed by atoms with Gasteiger partial charge >= 0.3 is 0 Å². The number of nitrogens with one attached hydrogen (secondary N) is 1. The molecule has 1 saturated carbocycles. The van der Waals surface area contributed by atoms with E-state index in [0.29, 0.717) is 12.1 Å². The smallest absolute Gasteiger partial charge is 0.223 e. The summed E-state index contributed by atoms with van der Waals surface area (Å²) in [4.78, 5) is 14.0. The summed E-state index contributed by atoms with van der Waals surface area (Å²) in [6, 6.07) is 4.32. The maximum atomic E-state index is 5.45. The molecule has 7 heteroatoms. The van der Waals surface area contributed by atoms with E-state index in [9.17, 15) is 0 Å². The number of rotatable bonds is 4. The number of nitrogens with zero attached hydrogens (tertiary/aromatic N) is 5. The monoisotopic (exact) mass is 362 g/mol. The van der Waals surface area contributed by atoms with Crippen LogP contribution in [0.2, 0.25) is 0 Å². The molecule has 5 rings (SSSR count). The third-order valence-corrected chi connectivity index (χ3v) is 5.53. The molecule has 0 aromatic carbocycles. The van der Waals surface area contributed by atoms with Gasteiger partial charge in [-0.05, 0) is 31.7 Å². The molecule has 1 N–H and O–H groups in total. The lowest BCUT2D eigenvalue weighted by atomic mass is 9.93. The molecule has 0 atom stereocenters. The number of ether oxygens (including phenoxy) is 1. The summed E-state index contributed by atoms with van der Waals surface area (Å²) in [5, 5.41) is 7.70. The molecular formula is C20H22N6O. The Balaban J connectivity index is 1.34. The molecule has 1 fully saturated rings. The van der Waals surface area contributed by atoms with Crippen molar-refractivity contribution in [2.45, 2.75) is 44.2 Å². The van der Waals surface area contributed by atoms with E-state index in [0.717, 1.165) is 66.2 Å². The fraction of sp³-hybridized carbons (Fsp3) is 0.400. The van der Waals surface area contributed by atoms with Gasteiger partial charge in [0.1, 0.15) is 0 Å². The van der Waals surface area contributed by atoms with Crippen LogP contribution in [0.15, 0.2) is 36.8 Å². The Labute approximate surface area is 157 Å². The Morgan fingerprint density at radius 3 is 2.89 bits per heavy atom. The highest BCUT2D eigenvalue weighted by Crippen LogP contribution is 2.31. The predicted octanol–water partition coefficient (Wildman–Crippen LogP) is 2.88. The van der Waals surface area contributed by atoms with Crippen molar-refractivity contribution in [3.8, 4) is 0 Å². The van der Waals surface area contributed by atoms with Crippen molar-refractivity contribution in [1.29, 1.82) is 0 Å². The summed E-state index contributed by atoms with van der Waals surface area (Å²) >= 11 is 0. The van der Waals surface area contributed by atoms with Gasteiger partial charge in [0.2, 0.25) is 5.95 Å². The minimum atomic E-state index is 0.399. The van der Waals surface area contributed by atoms with E-state index in [2.05, 4.69) is 21.5 Å². The minimum absolute atomic E-state index is 0.399. The maximum absolute atomic E-state index is 5.45. The molecule has 3 heterocycles. The molecule has 0 amide bonds. The van der Waals surface area contributed by atoms with E-state index in [4.69, 9.17) is 14.7 Å². The van der Waals surface area contributed by atoms with Crippen molar-refractivity contribution in [3.63, 3.8) is 0 Å². The van der Waals surface area contributed by atoms with E-state index in [1.807, 2.05) is 24.5 Å². The Kier molecular flexibility index (Phi) is 4.09. The van der Waals surface area contributed by atoms with Gasteiger partial charge in [-0.2, -0.15) is 5.10 Å². The topological polar surface area (TPSA) is 77.2 Å². The fourth-order valence-electron chi connectivity index (χ4n) is 4.01. The van der Waals surface area contributed by atoms with E-state index >= 15 is 0 Å². The molecule has 0 unspecified atom stereocenters. The zero-order chi connectivity index (χ0) is 18.2. The Bertz CT molecular complexity index is 1000. The van der Waals surface area contributed by atoms with E-state index in [1.54, 1.807) is 17.8 Å². The molecule has 3 aromatic heterocycles. The van der Waals surface area contributed by atoms with Crippen LogP contribution < -0.4 is 5.32 Å². The average molecular weight is 362 g/mol. The van der Waals surface area contributed by atoms with Crippen LogP contribution >= 0.6 is 0 Å². The van der Waals surface area contributed by atoms with Crippen LogP contribution in [0.1, 0.15) is 42.6 Å². The Hall–Kier alpha value is -2.80. The molecule has 2 aliphatic carbocycles. The van der Waals surface area contributed by atoms with E-state index in [1.165, 1.54) is 0 Å². The number of fused-ring (bicyclic) bond motifs is 2. The second kappa shape index (κ2) is 6.74. The van der Waals surface area contributed by atoms with Gasteiger partial charge in [-0.3, -0.25) is 0 Å². The number of aromatic nitrogens is 5. The summed E-state index contributed by atoms with van der Waals surface area (Å²) in [7, 11) is 1.80. The Morgan fingerprint density at radius 1 is 1.15 bits per heavy atom. The lowest BCUT2D eigenvalue weighted by molar-refractivity contribution is 0.0681. The summed E-state index contributed by atoms with van der Waals surface area (Å²) in [5.41, 5.74) is 5.00. The molecule has 0 bridgehead atoms. The van der Waals surface area contributed by atoms with Crippen molar-refractivity contribution < 1.29 is 4.74 Å². The van der Waals surface area contributed by atoms with Crippen LogP contribution in [0.5, 0.6) is 0 Å². The van der Waals surface area contributed by atoms with Gasteiger partial charge in [-0.25, -0.2) is 19.5 Å².